The molecule has 2 aromatic carbocycles. The van der Waals surface area contributed by atoms with Gasteiger partial charge in [-0.25, -0.2) is 4.79 Å². The molecule has 0 radical (unpaired) electrons. The standard InChI is InChI=1S/C15H14N2O/c1-10-6-8-12(9-7-10)17-14-11(2)4-3-5-13(14)16-15(17)18/h3-9H,1-2H3,(H,16,18). The summed E-state index contributed by atoms with van der Waals surface area (Å²) in [6.07, 6.45) is 0. The molecule has 0 unspecified atom stereocenters. The molecule has 1 heterocycles. The van der Waals surface area contributed by atoms with Crippen molar-refractivity contribution in [2.45, 2.75) is 13.8 Å². The fourth-order valence-corrected chi connectivity index (χ4v) is 2.27. The van der Waals surface area contributed by atoms with E-state index in [1.807, 2.05) is 56.3 Å². The highest BCUT2D eigenvalue weighted by molar-refractivity contribution is 5.80. The maximum absolute atomic E-state index is 12.1. The van der Waals surface area contributed by atoms with E-state index in [0.29, 0.717) is 0 Å². The number of aromatic nitrogens is 2. The summed E-state index contributed by atoms with van der Waals surface area (Å²) in [7, 11) is 0. The maximum Gasteiger partial charge on any atom is 0.331 e. The van der Waals surface area contributed by atoms with Crippen LogP contribution < -0.4 is 5.69 Å². The zero-order chi connectivity index (χ0) is 12.7. The number of para-hydroxylation sites is 1. The van der Waals surface area contributed by atoms with E-state index in [2.05, 4.69) is 4.98 Å². The fraction of sp³-hybridized carbons (Fsp3) is 0.133. The van der Waals surface area contributed by atoms with Crippen molar-refractivity contribution in [3.8, 4) is 5.69 Å². The Hall–Kier alpha value is -2.29. The number of hydrogen-bond donors (Lipinski definition) is 1. The summed E-state index contributed by atoms with van der Waals surface area (Å²) >= 11 is 0. The number of rotatable bonds is 1. The lowest BCUT2D eigenvalue weighted by Gasteiger charge is -2.05. The van der Waals surface area contributed by atoms with Gasteiger partial charge in [0.2, 0.25) is 0 Å². The van der Waals surface area contributed by atoms with E-state index in [1.165, 1.54) is 5.56 Å². The molecule has 18 heavy (non-hydrogen) atoms. The van der Waals surface area contributed by atoms with Gasteiger partial charge in [-0.2, -0.15) is 0 Å². The van der Waals surface area contributed by atoms with Gasteiger partial charge in [-0.3, -0.25) is 4.57 Å². The average molecular weight is 238 g/mol. The molecule has 0 aliphatic carbocycles. The summed E-state index contributed by atoms with van der Waals surface area (Å²) in [5.74, 6) is 0. The van der Waals surface area contributed by atoms with Crippen molar-refractivity contribution in [2.75, 3.05) is 0 Å². The minimum absolute atomic E-state index is 0.0943. The van der Waals surface area contributed by atoms with Crippen LogP contribution in [0.5, 0.6) is 0 Å². The Balaban J connectivity index is 2.38. The van der Waals surface area contributed by atoms with Crippen LogP contribution in [-0.2, 0) is 0 Å². The van der Waals surface area contributed by atoms with Crippen LogP contribution in [0.1, 0.15) is 11.1 Å². The molecule has 0 saturated heterocycles. The van der Waals surface area contributed by atoms with Crippen molar-refractivity contribution < 1.29 is 0 Å². The Morgan fingerprint density at radius 2 is 1.72 bits per heavy atom. The van der Waals surface area contributed by atoms with Crippen LogP contribution in [0.15, 0.2) is 47.3 Å². The summed E-state index contributed by atoms with van der Waals surface area (Å²) in [6, 6.07) is 13.9. The molecule has 3 nitrogen and oxygen atoms in total. The summed E-state index contributed by atoms with van der Waals surface area (Å²) in [5, 5.41) is 0. The van der Waals surface area contributed by atoms with Gasteiger partial charge in [-0.1, -0.05) is 29.8 Å². The molecule has 0 bridgehead atoms. The zero-order valence-corrected chi connectivity index (χ0v) is 10.4. The monoisotopic (exact) mass is 238 g/mol. The van der Waals surface area contributed by atoms with Crippen molar-refractivity contribution in [3.63, 3.8) is 0 Å². The molecule has 1 N–H and O–H groups in total. The highest BCUT2D eigenvalue weighted by Gasteiger charge is 2.09. The molecule has 0 atom stereocenters. The fourth-order valence-electron chi connectivity index (χ4n) is 2.27. The van der Waals surface area contributed by atoms with Crippen molar-refractivity contribution in [3.05, 3.63) is 64.1 Å². The Kier molecular flexibility index (Phi) is 2.33. The Bertz CT molecular complexity index is 763. The first kappa shape index (κ1) is 10.8. The second-order valence-corrected chi connectivity index (χ2v) is 4.57. The first-order chi connectivity index (χ1) is 8.66. The van der Waals surface area contributed by atoms with E-state index >= 15 is 0 Å². The molecule has 3 heteroatoms. The second kappa shape index (κ2) is 3.88. The molecular weight excluding hydrogens is 224 g/mol. The molecule has 0 aliphatic heterocycles. The molecule has 90 valence electrons. The molecule has 0 fully saturated rings. The predicted octanol–water partition coefficient (Wildman–Crippen LogP) is 2.94. The van der Waals surface area contributed by atoms with Crippen molar-refractivity contribution in [2.24, 2.45) is 0 Å². The summed E-state index contributed by atoms with van der Waals surface area (Å²) in [5.41, 5.74) is 4.90. The van der Waals surface area contributed by atoms with Gasteiger partial charge in [0.25, 0.3) is 0 Å². The van der Waals surface area contributed by atoms with Gasteiger partial charge in [0.1, 0.15) is 0 Å². The predicted molar refractivity (Wildman–Crippen MR) is 73.4 cm³/mol. The van der Waals surface area contributed by atoms with E-state index in [4.69, 9.17) is 0 Å². The third-order valence-electron chi connectivity index (χ3n) is 3.20. The first-order valence-corrected chi connectivity index (χ1v) is 5.94. The molecule has 0 saturated carbocycles. The van der Waals surface area contributed by atoms with Crippen LogP contribution in [0.3, 0.4) is 0 Å². The molecule has 3 rings (SSSR count). The minimum Gasteiger partial charge on any atom is -0.305 e. The van der Waals surface area contributed by atoms with Gasteiger partial charge in [-0.15, -0.1) is 0 Å². The van der Waals surface area contributed by atoms with Gasteiger partial charge in [0.05, 0.1) is 16.7 Å². The smallest absolute Gasteiger partial charge is 0.305 e. The molecule has 0 aliphatic rings. The van der Waals surface area contributed by atoms with Crippen LogP contribution >= 0.6 is 0 Å². The van der Waals surface area contributed by atoms with Crippen molar-refractivity contribution >= 4 is 11.0 Å². The Morgan fingerprint density at radius 1 is 1.00 bits per heavy atom. The highest BCUT2D eigenvalue weighted by atomic mass is 16.1. The van der Waals surface area contributed by atoms with Crippen LogP contribution in [0.25, 0.3) is 16.7 Å². The van der Waals surface area contributed by atoms with E-state index < -0.39 is 0 Å². The maximum atomic E-state index is 12.1. The highest BCUT2D eigenvalue weighted by Crippen LogP contribution is 2.19. The topological polar surface area (TPSA) is 37.8 Å². The van der Waals surface area contributed by atoms with Crippen LogP contribution in [0.2, 0.25) is 0 Å². The molecular formula is C15H14N2O. The van der Waals surface area contributed by atoms with Crippen molar-refractivity contribution in [1.29, 1.82) is 0 Å². The molecule has 3 aromatic rings. The van der Waals surface area contributed by atoms with E-state index in [-0.39, 0.29) is 5.69 Å². The largest absolute Gasteiger partial charge is 0.331 e. The average Bonchev–Trinajstić information content (AvgIpc) is 2.68. The normalized spacial score (nSPS) is 11.0. The molecule has 0 spiro atoms. The van der Waals surface area contributed by atoms with E-state index in [0.717, 1.165) is 22.3 Å². The Labute approximate surface area is 105 Å². The SMILES string of the molecule is Cc1ccc(-n2c(=O)[nH]c3cccc(C)c32)cc1. The number of aryl methyl sites for hydroxylation is 2. The van der Waals surface area contributed by atoms with Gasteiger partial charge >= 0.3 is 5.69 Å². The number of aromatic amines is 1. The van der Waals surface area contributed by atoms with Gasteiger partial charge < -0.3 is 4.98 Å². The van der Waals surface area contributed by atoms with E-state index in [1.54, 1.807) is 4.57 Å². The lowest BCUT2D eigenvalue weighted by Crippen LogP contribution is -2.14. The lowest BCUT2D eigenvalue weighted by molar-refractivity contribution is 1.01. The number of H-pyrrole nitrogens is 1. The number of nitrogens with one attached hydrogen (secondary N) is 1. The van der Waals surface area contributed by atoms with Crippen LogP contribution in [0, 0.1) is 13.8 Å². The quantitative estimate of drug-likeness (QED) is 0.695. The Morgan fingerprint density at radius 3 is 2.44 bits per heavy atom. The first-order valence-electron chi connectivity index (χ1n) is 5.94. The van der Waals surface area contributed by atoms with Gasteiger partial charge in [-0.05, 0) is 37.6 Å². The van der Waals surface area contributed by atoms with Gasteiger partial charge in [0, 0.05) is 0 Å². The molecule has 0 amide bonds. The van der Waals surface area contributed by atoms with Crippen molar-refractivity contribution in [1.82, 2.24) is 9.55 Å². The third kappa shape index (κ3) is 1.56. The third-order valence-corrected chi connectivity index (χ3v) is 3.20. The zero-order valence-electron chi connectivity index (χ0n) is 10.4. The summed E-state index contributed by atoms with van der Waals surface area (Å²) in [6.45, 7) is 4.05. The molecule has 1 aromatic heterocycles. The number of fused-ring (bicyclic) bond motifs is 1. The van der Waals surface area contributed by atoms with Crippen LogP contribution in [0.4, 0.5) is 0 Å². The van der Waals surface area contributed by atoms with Gasteiger partial charge in [0.15, 0.2) is 0 Å². The minimum atomic E-state index is -0.0943. The number of nitrogens with zero attached hydrogens (tertiary/aromatic N) is 1. The number of benzene rings is 2. The van der Waals surface area contributed by atoms with Crippen LogP contribution in [-0.4, -0.2) is 9.55 Å². The summed E-state index contributed by atoms with van der Waals surface area (Å²) in [4.78, 5) is 15.0. The summed E-state index contributed by atoms with van der Waals surface area (Å²) < 4.78 is 1.73. The number of imidazole rings is 1. The lowest BCUT2D eigenvalue weighted by atomic mass is 10.2. The second-order valence-electron chi connectivity index (χ2n) is 4.57. The number of hydrogen-bond acceptors (Lipinski definition) is 1. The van der Waals surface area contributed by atoms with E-state index in [9.17, 15) is 4.79 Å².